The van der Waals surface area contributed by atoms with Gasteiger partial charge in [0.15, 0.2) is 0 Å². The van der Waals surface area contributed by atoms with E-state index in [2.05, 4.69) is 5.32 Å². The van der Waals surface area contributed by atoms with Crippen molar-refractivity contribution in [2.75, 3.05) is 26.8 Å². The van der Waals surface area contributed by atoms with Crippen molar-refractivity contribution in [2.45, 2.75) is 51.0 Å². The predicted molar refractivity (Wildman–Crippen MR) is 76.2 cm³/mol. The van der Waals surface area contributed by atoms with Gasteiger partial charge in [0.05, 0.1) is 18.9 Å². The highest BCUT2D eigenvalue weighted by Crippen LogP contribution is 2.31. The van der Waals surface area contributed by atoms with Gasteiger partial charge in [-0.3, -0.25) is 9.59 Å². The summed E-state index contributed by atoms with van der Waals surface area (Å²) in [5, 5.41) is 3.02. The lowest BCUT2D eigenvalue weighted by Gasteiger charge is -2.33. The van der Waals surface area contributed by atoms with Gasteiger partial charge in [0.25, 0.3) is 0 Å². The zero-order valence-electron chi connectivity index (χ0n) is 12.4. The maximum absolute atomic E-state index is 12.4. The molecule has 5 nitrogen and oxygen atoms in total. The number of carbonyl (C=O) groups excluding carboxylic acids is 2. The molecule has 0 unspecified atom stereocenters. The van der Waals surface area contributed by atoms with Crippen LogP contribution < -0.4 is 5.32 Å². The molecule has 1 aliphatic carbocycles. The van der Waals surface area contributed by atoms with Gasteiger partial charge in [-0.15, -0.1) is 0 Å². The van der Waals surface area contributed by atoms with Crippen LogP contribution in [-0.2, 0) is 14.3 Å². The first-order valence-electron chi connectivity index (χ1n) is 7.80. The van der Waals surface area contributed by atoms with Gasteiger partial charge in [-0.2, -0.15) is 0 Å². The first-order valence-corrected chi connectivity index (χ1v) is 7.80. The first kappa shape index (κ1) is 15.3. The van der Waals surface area contributed by atoms with E-state index in [0.717, 1.165) is 51.6 Å². The Morgan fingerprint density at radius 2 is 2.15 bits per heavy atom. The molecule has 1 heterocycles. The van der Waals surface area contributed by atoms with Gasteiger partial charge < -0.3 is 15.0 Å². The summed E-state index contributed by atoms with van der Waals surface area (Å²) < 4.78 is 5.01. The Morgan fingerprint density at radius 3 is 2.95 bits per heavy atom. The van der Waals surface area contributed by atoms with E-state index in [0.29, 0.717) is 13.0 Å². The number of amides is 2. The Labute approximate surface area is 121 Å². The average molecular weight is 282 g/mol. The lowest BCUT2D eigenvalue weighted by molar-refractivity contribution is -0.137. The standard InChI is InChI=1S/C15H26N2O3/c1-20-11-8-14(18)17-10-4-2-3-9-16-15(19)12-6-5-7-13(12)17/h12-13H,2-11H2,1H3,(H,16,19)/t12-,13+/m1/s1. The molecule has 2 aliphatic rings. The fourth-order valence-electron chi connectivity index (χ4n) is 3.35. The van der Waals surface area contributed by atoms with Gasteiger partial charge in [-0.25, -0.2) is 0 Å². The predicted octanol–water partition coefficient (Wildman–Crippen LogP) is 1.32. The Kier molecular flexibility index (Phi) is 5.83. The van der Waals surface area contributed by atoms with Crippen LogP contribution in [0.3, 0.4) is 0 Å². The number of methoxy groups -OCH3 is 1. The number of nitrogens with zero attached hydrogens (tertiary/aromatic N) is 1. The maximum atomic E-state index is 12.4. The van der Waals surface area contributed by atoms with Gasteiger partial charge in [-0.05, 0) is 32.1 Å². The molecule has 20 heavy (non-hydrogen) atoms. The van der Waals surface area contributed by atoms with Crippen LogP contribution in [0.2, 0.25) is 0 Å². The number of carbonyl (C=O) groups is 2. The highest BCUT2D eigenvalue weighted by atomic mass is 16.5. The Hall–Kier alpha value is -1.10. The second-order valence-electron chi connectivity index (χ2n) is 5.79. The normalized spacial score (nSPS) is 27.9. The number of hydrogen-bond acceptors (Lipinski definition) is 3. The molecule has 5 heteroatoms. The van der Waals surface area contributed by atoms with Crippen molar-refractivity contribution in [1.82, 2.24) is 10.2 Å². The Morgan fingerprint density at radius 1 is 1.30 bits per heavy atom. The van der Waals surface area contributed by atoms with Crippen LogP contribution in [0, 0.1) is 5.92 Å². The molecule has 2 amide bonds. The van der Waals surface area contributed by atoms with Crippen LogP contribution in [0.15, 0.2) is 0 Å². The van der Waals surface area contributed by atoms with Crippen molar-refractivity contribution in [3.8, 4) is 0 Å². The van der Waals surface area contributed by atoms with E-state index in [1.807, 2.05) is 4.90 Å². The second kappa shape index (κ2) is 7.62. The Balaban J connectivity index is 2.08. The molecule has 2 rings (SSSR count). The molecule has 2 fully saturated rings. The molecule has 0 aromatic heterocycles. The minimum absolute atomic E-state index is 0.0143. The van der Waals surface area contributed by atoms with Gasteiger partial charge in [0.1, 0.15) is 0 Å². The fourth-order valence-corrected chi connectivity index (χ4v) is 3.35. The van der Waals surface area contributed by atoms with Gasteiger partial charge in [0.2, 0.25) is 11.8 Å². The summed E-state index contributed by atoms with van der Waals surface area (Å²) >= 11 is 0. The number of hydrogen-bond donors (Lipinski definition) is 1. The third kappa shape index (κ3) is 3.72. The fraction of sp³-hybridized carbons (Fsp3) is 0.867. The highest BCUT2D eigenvalue weighted by molar-refractivity contribution is 5.82. The number of nitrogens with one attached hydrogen (secondary N) is 1. The molecule has 2 atom stereocenters. The quantitative estimate of drug-likeness (QED) is 0.849. The molecule has 0 spiro atoms. The van der Waals surface area contributed by atoms with Crippen molar-refractivity contribution in [3.63, 3.8) is 0 Å². The number of rotatable bonds is 3. The van der Waals surface area contributed by atoms with Crippen molar-refractivity contribution in [1.29, 1.82) is 0 Å². The minimum atomic E-state index is -0.0143. The smallest absolute Gasteiger partial charge is 0.225 e. The summed E-state index contributed by atoms with van der Waals surface area (Å²) in [4.78, 5) is 26.6. The van der Waals surface area contributed by atoms with E-state index >= 15 is 0 Å². The van der Waals surface area contributed by atoms with Crippen LogP contribution in [0.1, 0.15) is 44.9 Å². The van der Waals surface area contributed by atoms with Gasteiger partial charge >= 0.3 is 0 Å². The van der Waals surface area contributed by atoms with Gasteiger partial charge in [0, 0.05) is 26.2 Å². The molecular formula is C15H26N2O3. The summed E-state index contributed by atoms with van der Waals surface area (Å²) in [5.41, 5.74) is 0. The van der Waals surface area contributed by atoms with Crippen LogP contribution in [-0.4, -0.2) is 49.6 Å². The van der Waals surface area contributed by atoms with Crippen LogP contribution in [0.4, 0.5) is 0 Å². The van der Waals surface area contributed by atoms with Crippen molar-refractivity contribution < 1.29 is 14.3 Å². The molecule has 1 N–H and O–H groups in total. The van der Waals surface area contributed by atoms with Crippen LogP contribution in [0.25, 0.3) is 0 Å². The third-order valence-electron chi connectivity index (χ3n) is 4.43. The zero-order chi connectivity index (χ0) is 14.4. The molecule has 114 valence electrons. The van der Waals surface area contributed by atoms with E-state index in [4.69, 9.17) is 4.74 Å². The third-order valence-corrected chi connectivity index (χ3v) is 4.43. The number of fused-ring (bicyclic) bond motifs is 1. The molecule has 0 aromatic carbocycles. The summed E-state index contributed by atoms with van der Waals surface area (Å²) in [5.74, 6) is 0.260. The maximum Gasteiger partial charge on any atom is 0.225 e. The van der Waals surface area contributed by atoms with E-state index in [1.165, 1.54) is 0 Å². The van der Waals surface area contributed by atoms with Crippen molar-refractivity contribution >= 4 is 11.8 Å². The molecule has 1 saturated heterocycles. The van der Waals surface area contributed by atoms with E-state index in [-0.39, 0.29) is 23.8 Å². The summed E-state index contributed by atoms with van der Waals surface area (Å²) in [6.07, 6.45) is 6.41. The SMILES string of the molecule is COCCC(=O)N1CCCCCNC(=O)[C@@H]2CCC[C@@H]21. The topological polar surface area (TPSA) is 58.6 Å². The molecule has 0 bridgehead atoms. The van der Waals surface area contributed by atoms with E-state index in [9.17, 15) is 9.59 Å². The molecule has 1 aliphatic heterocycles. The summed E-state index contributed by atoms with van der Waals surface area (Å²) in [6, 6.07) is 0.0949. The number of ether oxygens (including phenoxy) is 1. The lowest BCUT2D eigenvalue weighted by atomic mass is 9.99. The zero-order valence-corrected chi connectivity index (χ0v) is 12.4. The van der Waals surface area contributed by atoms with E-state index < -0.39 is 0 Å². The summed E-state index contributed by atoms with van der Waals surface area (Å²) in [7, 11) is 1.61. The second-order valence-corrected chi connectivity index (χ2v) is 5.79. The Bertz CT molecular complexity index is 346. The van der Waals surface area contributed by atoms with Crippen molar-refractivity contribution in [2.24, 2.45) is 5.92 Å². The molecule has 0 aromatic rings. The van der Waals surface area contributed by atoms with Crippen molar-refractivity contribution in [3.05, 3.63) is 0 Å². The molecule has 1 saturated carbocycles. The monoisotopic (exact) mass is 282 g/mol. The van der Waals surface area contributed by atoms with Crippen LogP contribution >= 0.6 is 0 Å². The molecule has 0 radical (unpaired) electrons. The lowest BCUT2D eigenvalue weighted by Crippen LogP contribution is -2.48. The average Bonchev–Trinajstić information content (AvgIpc) is 2.92. The first-order chi connectivity index (χ1) is 9.74. The highest BCUT2D eigenvalue weighted by Gasteiger charge is 2.38. The van der Waals surface area contributed by atoms with E-state index in [1.54, 1.807) is 7.11 Å². The van der Waals surface area contributed by atoms with Crippen LogP contribution in [0.5, 0.6) is 0 Å². The van der Waals surface area contributed by atoms with Gasteiger partial charge in [-0.1, -0.05) is 6.42 Å². The largest absolute Gasteiger partial charge is 0.384 e. The summed E-state index contributed by atoms with van der Waals surface area (Å²) in [6.45, 7) is 2.02. The minimum Gasteiger partial charge on any atom is -0.384 e. The molecular weight excluding hydrogens is 256 g/mol.